The van der Waals surface area contributed by atoms with E-state index in [1.165, 1.54) is 28.2 Å². The Balaban J connectivity index is 1.42. The third-order valence-electron chi connectivity index (χ3n) is 9.73. The van der Waals surface area contributed by atoms with Gasteiger partial charge < -0.3 is 15.2 Å². The van der Waals surface area contributed by atoms with Gasteiger partial charge in [0, 0.05) is 35.7 Å². The Bertz CT molecular complexity index is 1250. The molecule has 1 amide bonds. The second-order valence-electron chi connectivity index (χ2n) is 13.3. The number of benzene rings is 1. The van der Waals surface area contributed by atoms with Gasteiger partial charge in [-0.05, 0) is 97.3 Å². The van der Waals surface area contributed by atoms with Crippen LogP contribution in [-0.2, 0) is 21.4 Å². The molecule has 5 unspecified atom stereocenters. The van der Waals surface area contributed by atoms with Crippen molar-refractivity contribution in [2.75, 3.05) is 25.6 Å². The van der Waals surface area contributed by atoms with Crippen molar-refractivity contribution in [1.29, 1.82) is 0 Å². The Morgan fingerprint density at radius 1 is 1.31 bits per heavy atom. The van der Waals surface area contributed by atoms with Crippen molar-refractivity contribution in [2.24, 2.45) is 28.2 Å². The summed E-state index contributed by atoms with van der Waals surface area (Å²) >= 11 is 1.52. The van der Waals surface area contributed by atoms with E-state index in [4.69, 9.17) is 9.73 Å². The number of thiazole rings is 1. The molecule has 212 valence electrons. The van der Waals surface area contributed by atoms with Crippen LogP contribution in [-0.4, -0.2) is 42.0 Å². The van der Waals surface area contributed by atoms with E-state index < -0.39 is 0 Å². The van der Waals surface area contributed by atoms with Crippen LogP contribution < -0.4 is 5.32 Å². The average Bonchev–Trinajstić information content (AvgIpc) is 3.41. The lowest BCUT2D eigenvalue weighted by Gasteiger charge is -2.51. The van der Waals surface area contributed by atoms with Gasteiger partial charge >= 0.3 is 0 Å². The number of rotatable bonds is 7. The lowest BCUT2D eigenvalue weighted by atomic mass is 9.53. The maximum Gasteiger partial charge on any atom is 0.226 e. The summed E-state index contributed by atoms with van der Waals surface area (Å²) < 4.78 is 5.32. The third-order valence-corrected chi connectivity index (χ3v) is 10.6. The van der Waals surface area contributed by atoms with Crippen molar-refractivity contribution in [3.8, 4) is 5.75 Å². The number of carbonyl (C=O) groups is 1. The first kappa shape index (κ1) is 28.3. The minimum absolute atomic E-state index is 0.0578. The van der Waals surface area contributed by atoms with E-state index in [0.717, 1.165) is 49.0 Å². The largest absolute Gasteiger partial charge is 0.508 e. The molecule has 2 N–H and O–H groups in total. The van der Waals surface area contributed by atoms with Gasteiger partial charge in [-0.25, -0.2) is 4.98 Å². The fourth-order valence-electron chi connectivity index (χ4n) is 7.98. The number of aromatic nitrogens is 1. The number of aliphatic imine (C=N–C) groups is 1. The van der Waals surface area contributed by atoms with Gasteiger partial charge in [0.1, 0.15) is 5.75 Å². The van der Waals surface area contributed by atoms with Gasteiger partial charge in [0.05, 0.1) is 13.2 Å². The fourth-order valence-corrected chi connectivity index (χ4v) is 8.66. The number of ether oxygens (including phenoxy) is 1. The number of nitrogens with zero attached hydrogens (tertiary/aromatic N) is 2. The second kappa shape index (κ2) is 11.0. The third kappa shape index (κ3) is 5.54. The predicted molar refractivity (Wildman–Crippen MR) is 159 cm³/mol. The van der Waals surface area contributed by atoms with Crippen molar-refractivity contribution in [1.82, 2.24) is 4.98 Å². The Labute approximate surface area is 237 Å². The van der Waals surface area contributed by atoms with E-state index in [0.29, 0.717) is 54.1 Å². The molecule has 0 radical (unpaired) electrons. The van der Waals surface area contributed by atoms with E-state index >= 15 is 0 Å². The van der Waals surface area contributed by atoms with E-state index in [-0.39, 0.29) is 16.7 Å². The summed E-state index contributed by atoms with van der Waals surface area (Å²) in [7, 11) is 1.74. The number of nitrogens with one attached hydrogen (secondary N) is 1. The quantitative estimate of drug-likeness (QED) is 0.362. The minimum Gasteiger partial charge on any atom is -0.508 e. The van der Waals surface area contributed by atoms with E-state index in [9.17, 15) is 9.90 Å². The minimum atomic E-state index is -0.102. The first-order valence-electron chi connectivity index (χ1n) is 14.6. The highest BCUT2D eigenvalue weighted by Crippen LogP contribution is 2.63. The van der Waals surface area contributed by atoms with E-state index in [1.807, 2.05) is 13.0 Å². The summed E-state index contributed by atoms with van der Waals surface area (Å²) in [6.07, 6.45) is 8.59. The molecule has 2 saturated carbocycles. The lowest BCUT2D eigenvalue weighted by molar-refractivity contribution is -0.116. The van der Waals surface area contributed by atoms with Crippen LogP contribution in [0.4, 0.5) is 5.13 Å². The Morgan fingerprint density at radius 3 is 2.79 bits per heavy atom. The van der Waals surface area contributed by atoms with Crippen LogP contribution in [0, 0.1) is 30.1 Å². The number of phenolic OH excluding ortho intramolecular Hbond substituents is 1. The molecule has 0 saturated heterocycles. The van der Waals surface area contributed by atoms with Gasteiger partial charge in [0.25, 0.3) is 0 Å². The highest BCUT2D eigenvalue weighted by atomic mass is 32.1. The van der Waals surface area contributed by atoms with Crippen molar-refractivity contribution < 1.29 is 14.6 Å². The molecule has 3 aliphatic carbocycles. The number of fused-ring (bicyclic) bond motifs is 5. The molecular weight excluding hydrogens is 506 g/mol. The Kier molecular flexibility index (Phi) is 7.95. The Morgan fingerprint density at radius 2 is 2.10 bits per heavy atom. The molecule has 7 heteroatoms. The number of hydrogen-bond donors (Lipinski definition) is 2. The van der Waals surface area contributed by atoms with Gasteiger partial charge in [-0.1, -0.05) is 33.8 Å². The van der Waals surface area contributed by atoms with Crippen molar-refractivity contribution >= 4 is 28.1 Å². The highest BCUT2D eigenvalue weighted by molar-refractivity contribution is 7.15. The van der Waals surface area contributed by atoms with Crippen molar-refractivity contribution in [2.45, 2.75) is 90.9 Å². The summed E-state index contributed by atoms with van der Waals surface area (Å²) in [5, 5.41) is 14.5. The normalized spacial score (nSPS) is 29.1. The predicted octanol–water partition coefficient (Wildman–Crippen LogP) is 7.04. The number of amides is 1. The number of hydrogen-bond acceptors (Lipinski definition) is 6. The lowest BCUT2D eigenvalue weighted by Crippen LogP contribution is -2.44. The number of aryl methyl sites for hydroxylation is 2. The number of phenols is 1. The Hall–Kier alpha value is -2.25. The molecule has 0 aliphatic heterocycles. The molecule has 6 nitrogen and oxygen atoms in total. The summed E-state index contributed by atoms with van der Waals surface area (Å²) in [4.78, 5) is 23.4. The zero-order valence-electron chi connectivity index (χ0n) is 24.5. The highest BCUT2D eigenvalue weighted by Gasteiger charge is 2.57. The molecule has 1 aromatic carbocycles. The first-order chi connectivity index (χ1) is 18.5. The van der Waals surface area contributed by atoms with Gasteiger partial charge in [0.2, 0.25) is 5.91 Å². The van der Waals surface area contributed by atoms with Gasteiger partial charge in [-0.15, -0.1) is 11.3 Å². The molecule has 39 heavy (non-hydrogen) atoms. The monoisotopic (exact) mass is 551 g/mol. The molecular formula is C32H45N3O3S. The van der Waals surface area contributed by atoms with Gasteiger partial charge in [-0.2, -0.15) is 0 Å². The van der Waals surface area contributed by atoms with Crippen LogP contribution >= 0.6 is 11.3 Å². The SMILES string of the molecule is COCCN=C1CC(CCC(=O)Nc2ncc(C)s2)C2C3CCc4cc(O)c(C(C)(C)C)cc4C3CCC12C. The molecule has 2 fully saturated rings. The maximum absolute atomic E-state index is 12.9. The summed E-state index contributed by atoms with van der Waals surface area (Å²) in [5.74, 6) is 2.51. The topological polar surface area (TPSA) is 83.8 Å². The van der Waals surface area contributed by atoms with Gasteiger partial charge in [-0.3, -0.25) is 9.79 Å². The van der Waals surface area contributed by atoms with Crippen LogP contribution in [0.2, 0.25) is 0 Å². The summed E-state index contributed by atoms with van der Waals surface area (Å²) in [6.45, 7) is 12.3. The number of carbonyl (C=O) groups excluding carboxylic acids is 1. The van der Waals surface area contributed by atoms with Crippen molar-refractivity contribution in [3.63, 3.8) is 0 Å². The molecule has 5 atom stereocenters. The van der Waals surface area contributed by atoms with Crippen LogP contribution in [0.15, 0.2) is 23.3 Å². The molecule has 1 heterocycles. The summed E-state index contributed by atoms with van der Waals surface area (Å²) in [5.41, 5.74) is 5.15. The van der Waals surface area contributed by atoms with E-state index in [2.05, 4.69) is 44.1 Å². The molecule has 5 rings (SSSR count). The van der Waals surface area contributed by atoms with Crippen LogP contribution in [0.5, 0.6) is 5.75 Å². The zero-order chi connectivity index (χ0) is 27.9. The number of aromatic hydroxyl groups is 1. The molecule has 2 aromatic rings. The maximum atomic E-state index is 12.9. The number of anilines is 1. The standard InChI is InChI=1S/C32H45N3O3S/c1-19-18-34-30(39-19)35-28(37)10-8-21-16-27(33-13-14-38-6)32(5)12-11-22-23(29(21)32)9-7-20-15-26(36)25(17-24(20)22)31(2,3)4/h15,17-18,21-23,29,36H,7-14,16H2,1-6H3,(H,34,35,37). The van der Waals surface area contributed by atoms with Crippen LogP contribution in [0.25, 0.3) is 0 Å². The van der Waals surface area contributed by atoms with Crippen LogP contribution in [0.3, 0.4) is 0 Å². The van der Waals surface area contributed by atoms with Crippen LogP contribution in [0.1, 0.15) is 93.7 Å². The first-order valence-corrected chi connectivity index (χ1v) is 15.4. The van der Waals surface area contributed by atoms with Crippen molar-refractivity contribution in [3.05, 3.63) is 39.9 Å². The molecule has 0 bridgehead atoms. The van der Waals surface area contributed by atoms with Gasteiger partial charge in [0.15, 0.2) is 5.13 Å². The second-order valence-corrected chi connectivity index (χ2v) is 14.5. The van der Waals surface area contributed by atoms with E-state index in [1.54, 1.807) is 13.3 Å². The number of methoxy groups -OCH3 is 1. The smallest absolute Gasteiger partial charge is 0.226 e. The molecule has 1 aromatic heterocycles. The molecule has 0 spiro atoms. The average molecular weight is 552 g/mol. The fraction of sp³-hybridized carbons (Fsp3) is 0.656. The molecule has 3 aliphatic rings. The summed E-state index contributed by atoms with van der Waals surface area (Å²) in [6, 6.07) is 4.37. The zero-order valence-corrected chi connectivity index (χ0v) is 25.3.